The Morgan fingerprint density at radius 1 is 1.23 bits per heavy atom. The largest absolute Gasteiger partial charge is 0.437 e. The van der Waals surface area contributed by atoms with E-state index in [1.165, 1.54) is 4.31 Å². The maximum atomic E-state index is 15.8. The predicted octanol–water partition coefficient (Wildman–Crippen LogP) is 3.46. The van der Waals surface area contributed by atoms with Crippen LogP contribution >= 0.6 is 0 Å². The van der Waals surface area contributed by atoms with Crippen molar-refractivity contribution in [2.75, 3.05) is 6.54 Å². The number of aliphatic hydroxyl groups is 1. The molecule has 2 fully saturated rings. The van der Waals surface area contributed by atoms with Crippen LogP contribution in [0.15, 0.2) is 50.6 Å². The van der Waals surface area contributed by atoms with E-state index in [1.807, 2.05) is 24.3 Å². The van der Waals surface area contributed by atoms with Gasteiger partial charge in [0.25, 0.3) is 0 Å². The van der Waals surface area contributed by atoms with Crippen molar-refractivity contribution >= 4 is 16.7 Å². The zero-order valence-electron chi connectivity index (χ0n) is 22.6. The molecule has 1 aromatic carbocycles. The summed E-state index contributed by atoms with van der Waals surface area (Å²) in [5.74, 6) is -2.65. The van der Waals surface area contributed by atoms with Crippen LogP contribution in [0.2, 0.25) is 0 Å². The molecule has 1 saturated heterocycles. The van der Waals surface area contributed by atoms with Crippen molar-refractivity contribution in [2.24, 2.45) is 10.9 Å². The highest BCUT2D eigenvalue weighted by molar-refractivity contribution is 7.89. The van der Waals surface area contributed by atoms with Crippen molar-refractivity contribution in [2.45, 2.75) is 81.3 Å². The van der Waals surface area contributed by atoms with Crippen molar-refractivity contribution < 1.29 is 26.7 Å². The normalized spacial score (nSPS) is 31.7. The molecule has 2 heterocycles. The van der Waals surface area contributed by atoms with Crippen LogP contribution in [-0.4, -0.2) is 57.8 Å². The van der Waals surface area contributed by atoms with Crippen molar-refractivity contribution in [1.29, 1.82) is 0 Å². The molecule has 2 aliphatic carbocycles. The highest BCUT2D eigenvalue weighted by atomic mass is 32.2. The zero-order chi connectivity index (χ0) is 28.9. The Balaban J connectivity index is 1.47. The number of rotatable bonds is 8. The molecule has 9 nitrogen and oxygen atoms in total. The van der Waals surface area contributed by atoms with Crippen molar-refractivity contribution in [3.63, 3.8) is 0 Å². The number of sulfonamides is 1. The topological polar surface area (TPSA) is 118 Å². The Morgan fingerprint density at radius 2 is 1.98 bits per heavy atom. The van der Waals surface area contributed by atoms with Gasteiger partial charge < -0.3 is 9.52 Å². The van der Waals surface area contributed by atoms with Crippen molar-refractivity contribution in [3.8, 4) is 0 Å². The molecular formula is C28H34F2N4O5S. The fourth-order valence-corrected chi connectivity index (χ4v) is 8.79. The van der Waals surface area contributed by atoms with Crippen molar-refractivity contribution in [1.82, 2.24) is 14.1 Å². The molecule has 1 saturated carbocycles. The van der Waals surface area contributed by atoms with E-state index in [-0.39, 0.29) is 61.5 Å². The van der Waals surface area contributed by atoms with E-state index >= 15 is 8.78 Å². The lowest BCUT2D eigenvalue weighted by atomic mass is 9.56. The fraction of sp³-hybridized carbons (Fsp3) is 0.536. The lowest BCUT2D eigenvalue weighted by Gasteiger charge is -2.49. The van der Waals surface area contributed by atoms with Crippen LogP contribution in [0.25, 0.3) is 0 Å². The third-order valence-corrected chi connectivity index (χ3v) is 10.9. The Kier molecular flexibility index (Phi) is 7.47. The molecule has 0 spiro atoms. The lowest BCUT2D eigenvalue weighted by molar-refractivity contribution is -0.0705. The van der Waals surface area contributed by atoms with Crippen LogP contribution in [-0.2, 0) is 28.5 Å². The number of hydrogen-bond acceptors (Lipinski definition) is 7. The van der Waals surface area contributed by atoms with E-state index in [9.17, 15) is 18.3 Å². The van der Waals surface area contributed by atoms with Gasteiger partial charge in [0.05, 0.1) is 29.4 Å². The Bertz CT molecular complexity index is 1520. The highest BCUT2D eigenvalue weighted by Crippen LogP contribution is 2.54. The number of allylic oxidation sites excluding steroid dienone is 4. The van der Waals surface area contributed by atoms with Crippen LogP contribution in [0.1, 0.15) is 63.0 Å². The number of benzene rings is 1. The van der Waals surface area contributed by atoms with Gasteiger partial charge in [0.15, 0.2) is 0 Å². The monoisotopic (exact) mass is 576 g/mol. The highest BCUT2D eigenvalue weighted by Gasteiger charge is 2.58. The van der Waals surface area contributed by atoms with Gasteiger partial charge in [0, 0.05) is 23.7 Å². The van der Waals surface area contributed by atoms with Gasteiger partial charge in [-0.2, -0.15) is 8.99 Å². The van der Waals surface area contributed by atoms with E-state index in [1.54, 1.807) is 13.8 Å². The predicted molar refractivity (Wildman–Crippen MR) is 146 cm³/mol. The third kappa shape index (κ3) is 5.01. The molecule has 1 aromatic heterocycles. The number of aliphatic imine (C=N–C) groups is 1. The standard InChI is InChI=1S/C28H34F2N4O5S/c1-18-9-10-24(19-7-5-4-6-8-19)40(37,38)34(18)15-20-13-23(30)21(14-22(20)29)28(16-27(2,36)17-28)25-32-33(12-11-31-3)26(35)39-25/h4-7,13-14,18-19,24,36H,3,8-12,15-17H2,1-2H3/t18-,19?,24+,27-,28-/m0/s1. The summed E-state index contributed by atoms with van der Waals surface area (Å²) in [6.07, 6.45) is 9.20. The molecule has 1 unspecified atom stereocenters. The van der Waals surface area contributed by atoms with Gasteiger partial charge in [-0.1, -0.05) is 24.3 Å². The first-order valence-corrected chi connectivity index (χ1v) is 14.9. The van der Waals surface area contributed by atoms with Gasteiger partial charge in [-0.15, -0.1) is 5.10 Å². The second-order valence-electron chi connectivity index (χ2n) is 11.5. The maximum Gasteiger partial charge on any atom is 0.437 e. The summed E-state index contributed by atoms with van der Waals surface area (Å²) in [6, 6.07) is 1.64. The van der Waals surface area contributed by atoms with Gasteiger partial charge in [-0.3, -0.25) is 4.99 Å². The minimum atomic E-state index is -3.79. The zero-order valence-corrected chi connectivity index (χ0v) is 23.4. The molecule has 2 aromatic rings. The van der Waals surface area contributed by atoms with Crippen LogP contribution in [0.5, 0.6) is 0 Å². The van der Waals surface area contributed by atoms with E-state index in [0.717, 1.165) is 16.8 Å². The first kappa shape index (κ1) is 28.6. The van der Waals surface area contributed by atoms with Crippen LogP contribution in [0.4, 0.5) is 8.78 Å². The summed E-state index contributed by atoms with van der Waals surface area (Å²) < 4.78 is 66.4. The number of halogens is 2. The summed E-state index contributed by atoms with van der Waals surface area (Å²) in [4.78, 5) is 16.1. The molecule has 0 bridgehead atoms. The van der Waals surface area contributed by atoms with E-state index in [0.29, 0.717) is 19.3 Å². The van der Waals surface area contributed by atoms with Gasteiger partial charge in [-0.05, 0) is 70.7 Å². The molecule has 0 amide bonds. The minimum Gasteiger partial charge on any atom is -0.391 e. The molecule has 40 heavy (non-hydrogen) atoms. The van der Waals surface area contributed by atoms with Crippen LogP contribution in [0, 0.1) is 17.6 Å². The second-order valence-corrected chi connectivity index (χ2v) is 13.6. The maximum absolute atomic E-state index is 15.8. The van der Waals surface area contributed by atoms with Gasteiger partial charge in [-0.25, -0.2) is 22.0 Å². The lowest BCUT2D eigenvalue weighted by Crippen LogP contribution is -2.54. The Labute approximate surface area is 232 Å². The quantitative estimate of drug-likeness (QED) is 0.481. The van der Waals surface area contributed by atoms with Gasteiger partial charge >= 0.3 is 5.76 Å². The van der Waals surface area contributed by atoms with Crippen LogP contribution in [0.3, 0.4) is 0 Å². The smallest absolute Gasteiger partial charge is 0.391 e. The summed E-state index contributed by atoms with van der Waals surface area (Å²) >= 11 is 0. The molecular weight excluding hydrogens is 542 g/mol. The molecule has 216 valence electrons. The van der Waals surface area contributed by atoms with Gasteiger partial charge in [0.2, 0.25) is 15.9 Å². The molecule has 3 atom stereocenters. The minimum absolute atomic E-state index is 0.0437. The van der Waals surface area contributed by atoms with E-state index < -0.39 is 43.7 Å². The second kappa shape index (κ2) is 10.5. The number of aromatic nitrogens is 2. The third-order valence-electron chi connectivity index (χ3n) is 8.39. The Morgan fingerprint density at radius 3 is 2.62 bits per heavy atom. The first-order chi connectivity index (χ1) is 18.9. The fourth-order valence-electron chi connectivity index (χ4n) is 6.43. The van der Waals surface area contributed by atoms with Gasteiger partial charge in [0.1, 0.15) is 11.6 Å². The molecule has 0 radical (unpaired) electrons. The van der Waals surface area contributed by atoms with Crippen molar-refractivity contribution in [3.05, 3.63) is 75.6 Å². The number of nitrogens with zero attached hydrogens (tertiary/aromatic N) is 4. The summed E-state index contributed by atoms with van der Waals surface area (Å²) in [5.41, 5.74) is -2.78. The summed E-state index contributed by atoms with van der Waals surface area (Å²) in [6.45, 7) is 6.71. The molecule has 1 N–H and O–H groups in total. The number of hydrogen-bond donors (Lipinski definition) is 1. The average Bonchev–Trinajstić information content (AvgIpc) is 3.26. The first-order valence-electron chi connectivity index (χ1n) is 13.4. The molecule has 1 aliphatic heterocycles. The summed E-state index contributed by atoms with van der Waals surface area (Å²) in [7, 11) is -3.79. The molecule has 5 rings (SSSR count). The molecule has 12 heteroatoms. The SMILES string of the molecule is C=NCCn1nc([C@]2(c3cc(F)c(CN4[C@@H](C)CC[C@H](C5C=CC=CC5)S4(=O)=O)cc3F)C[C@@](C)(O)C2)oc1=O. The summed E-state index contributed by atoms with van der Waals surface area (Å²) in [5, 5.41) is 14.1. The molecule has 3 aliphatic rings. The Hall–Kier alpha value is -2.96. The van der Waals surface area contributed by atoms with E-state index in [4.69, 9.17) is 4.42 Å². The van der Waals surface area contributed by atoms with Crippen LogP contribution < -0.4 is 5.76 Å². The average molecular weight is 577 g/mol. The van der Waals surface area contributed by atoms with E-state index in [2.05, 4.69) is 16.8 Å².